The van der Waals surface area contributed by atoms with Crippen LogP contribution in [-0.2, 0) is 0 Å². The fourth-order valence-electron chi connectivity index (χ4n) is 1.69. The quantitative estimate of drug-likeness (QED) is 0.893. The van der Waals surface area contributed by atoms with E-state index >= 15 is 0 Å². The predicted octanol–water partition coefficient (Wildman–Crippen LogP) is 4.00. The van der Waals surface area contributed by atoms with Crippen molar-refractivity contribution in [2.45, 2.75) is 19.9 Å². The van der Waals surface area contributed by atoms with Crippen LogP contribution in [0.4, 0.5) is 0 Å². The van der Waals surface area contributed by atoms with Crippen molar-refractivity contribution in [3.63, 3.8) is 0 Å². The second-order valence-corrected chi connectivity index (χ2v) is 5.37. The van der Waals surface area contributed by atoms with Crippen LogP contribution in [0.25, 0.3) is 0 Å². The number of nitrogens with one attached hydrogen (secondary N) is 1. The van der Waals surface area contributed by atoms with Crippen LogP contribution in [0, 0.1) is 6.92 Å². The van der Waals surface area contributed by atoms with Crippen molar-refractivity contribution in [2.24, 2.45) is 0 Å². The van der Waals surface area contributed by atoms with Gasteiger partial charge in [-0.05, 0) is 31.7 Å². The summed E-state index contributed by atoms with van der Waals surface area (Å²) in [6, 6.07) is 6.22. The SMILES string of the molecule is CCNC(c1coc(C)c1)c1ccc(Cl)s1. The number of hydrogen-bond donors (Lipinski definition) is 1. The molecular weight excluding hydrogens is 242 g/mol. The molecule has 0 radical (unpaired) electrons. The Kier molecular flexibility index (Phi) is 3.69. The van der Waals surface area contributed by atoms with Crippen LogP contribution < -0.4 is 5.32 Å². The Labute approximate surface area is 104 Å². The van der Waals surface area contributed by atoms with Gasteiger partial charge in [0.1, 0.15) is 5.76 Å². The van der Waals surface area contributed by atoms with Gasteiger partial charge in [0.25, 0.3) is 0 Å². The lowest BCUT2D eigenvalue weighted by atomic mass is 10.1. The summed E-state index contributed by atoms with van der Waals surface area (Å²) in [4.78, 5) is 1.22. The van der Waals surface area contributed by atoms with Gasteiger partial charge in [-0.15, -0.1) is 11.3 Å². The van der Waals surface area contributed by atoms with Crippen molar-refractivity contribution in [3.8, 4) is 0 Å². The molecule has 0 aliphatic heterocycles. The van der Waals surface area contributed by atoms with Gasteiger partial charge in [-0.3, -0.25) is 0 Å². The predicted molar refractivity (Wildman–Crippen MR) is 68.3 cm³/mol. The lowest BCUT2D eigenvalue weighted by Gasteiger charge is -2.14. The van der Waals surface area contributed by atoms with Gasteiger partial charge in [-0.2, -0.15) is 0 Å². The van der Waals surface area contributed by atoms with Gasteiger partial charge in [-0.25, -0.2) is 0 Å². The summed E-state index contributed by atoms with van der Waals surface area (Å²) in [7, 11) is 0. The van der Waals surface area contributed by atoms with Crippen molar-refractivity contribution >= 4 is 22.9 Å². The first kappa shape index (κ1) is 11.7. The summed E-state index contributed by atoms with van der Waals surface area (Å²) >= 11 is 7.57. The fourth-order valence-corrected chi connectivity index (χ4v) is 2.85. The summed E-state index contributed by atoms with van der Waals surface area (Å²) < 4.78 is 6.17. The third-order valence-electron chi connectivity index (χ3n) is 2.37. The lowest BCUT2D eigenvalue weighted by molar-refractivity contribution is 0.526. The minimum atomic E-state index is 0.181. The Morgan fingerprint density at radius 2 is 2.31 bits per heavy atom. The van der Waals surface area contributed by atoms with Crippen LogP contribution in [0.3, 0.4) is 0 Å². The summed E-state index contributed by atoms with van der Waals surface area (Å²) in [5, 5.41) is 3.43. The first-order valence-electron chi connectivity index (χ1n) is 5.24. The summed E-state index contributed by atoms with van der Waals surface area (Å²) in [6.07, 6.45) is 1.80. The first-order chi connectivity index (χ1) is 7.70. The number of thiophene rings is 1. The molecule has 1 unspecified atom stereocenters. The molecule has 4 heteroatoms. The molecule has 0 amide bonds. The highest BCUT2D eigenvalue weighted by Crippen LogP contribution is 2.31. The van der Waals surface area contributed by atoms with E-state index in [0.29, 0.717) is 0 Å². The standard InChI is InChI=1S/C12H14ClNOS/c1-3-14-12(9-6-8(2)15-7-9)10-4-5-11(13)16-10/h4-7,12,14H,3H2,1-2H3. The van der Waals surface area contributed by atoms with E-state index in [9.17, 15) is 0 Å². The first-order valence-corrected chi connectivity index (χ1v) is 6.43. The molecule has 2 aromatic heterocycles. The maximum atomic E-state index is 5.96. The molecule has 0 fully saturated rings. The van der Waals surface area contributed by atoms with Gasteiger partial charge >= 0.3 is 0 Å². The molecule has 0 saturated carbocycles. The molecular formula is C12H14ClNOS. The minimum Gasteiger partial charge on any atom is -0.469 e. The van der Waals surface area contributed by atoms with Crippen molar-refractivity contribution in [1.29, 1.82) is 0 Å². The van der Waals surface area contributed by atoms with E-state index in [1.807, 2.05) is 13.0 Å². The van der Waals surface area contributed by atoms with E-state index in [2.05, 4.69) is 24.4 Å². The van der Waals surface area contributed by atoms with Crippen molar-refractivity contribution in [3.05, 3.63) is 45.0 Å². The van der Waals surface area contributed by atoms with Crippen LogP contribution in [0.5, 0.6) is 0 Å². The van der Waals surface area contributed by atoms with E-state index in [1.54, 1.807) is 17.6 Å². The third kappa shape index (κ3) is 2.48. The second kappa shape index (κ2) is 5.04. The number of aryl methyl sites for hydroxylation is 1. The number of hydrogen-bond acceptors (Lipinski definition) is 3. The van der Waals surface area contributed by atoms with Crippen LogP contribution in [0.1, 0.15) is 29.2 Å². The van der Waals surface area contributed by atoms with Crippen LogP contribution >= 0.6 is 22.9 Å². The molecule has 2 aromatic rings. The molecule has 2 nitrogen and oxygen atoms in total. The smallest absolute Gasteiger partial charge is 0.101 e. The molecule has 0 aliphatic rings. The third-order valence-corrected chi connectivity index (χ3v) is 3.67. The van der Waals surface area contributed by atoms with Crippen molar-refractivity contribution in [1.82, 2.24) is 5.32 Å². The number of halogens is 1. The Morgan fingerprint density at radius 3 is 2.81 bits per heavy atom. The highest BCUT2D eigenvalue weighted by atomic mass is 35.5. The van der Waals surface area contributed by atoms with Gasteiger partial charge in [0, 0.05) is 10.4 Å². The lowest BCUT2D eigenvalue weighted by Crippen LogP contribution is -2.20. The number of furan rings is 1. The Bertz CT molecular complexity index is 423. The van der Waals surface area contributed by atoms with E-state index in [4.69, 9.17) is 16.0 Å². The van der Waals surface area contributed by atoms with E-state index in [-0.39, 0.29) is 6.04 Å². The zero-order chi connectivity index (χ0) is 11.5. The topological polar surface area (TPSA) is 25.2 Å². The van der Waals surface area contributed by atoms with E-state index in [0.717, 1.165) is 22.2 Å². The second-order valence-electron chi connectivity index (χ2n) is 3.62. The van der Waals surface area contributed by atoms with Crippen molar-refractivity contribution in [2.75, 3.05) is 6.54 Å². The molecule has 1 N–H and O–H groups in total. The normalized spacial score (nSPS) is 12.9. The molecule has 16 heavy (non-hydrogen) atoms. The molecule has 0 aliphatic carbocycles. The summed E-state index contributed by atoms with van der Waals surface area (Å²) in [5.74, 6) is 0.931. The van der Waals surface area contributed by atoms with E-state index in [1.165, 1.54) is 4.88 Å². The summed E-state index contributed by atoms with van der Waals surface area (Å²) in [5.41, 5.74) is 1.15. The Morgan fingerprint density at radius 1 is 1.50 bits per heavy atom. The largest absolute Gasteiger partial charge is 0.469 e. The van der Waals surface area contributed by atoms with Crippen LogP contribution in [0.15, 0.2) is 28.9 Å². The molecule has 0 bridgehead atoms. The Balaban J connectivity index is 2.30. The van der Waals surface area contributed by atoms with E-state index < -0.39 is 0 Å². The van der Waals surface area contributed by atoms with Crippen LogP contribution in [0.2, 0.25) is 4.34 Å². The van der Waals surface area contributed by atoms with Crippen LogP contribution in [-0.4, -0.2) is 6.54 Å². The molecule has 0 spiro atoms. The highest BCUT2D eigenvalue weighted by molar-refractivity contribution is 7.16. The summed E-state index contributed by atoms with van der Waals surface area (Å²) in [6.45, 7) is 4.95. The molecule has 0 aromatic carbocycles. The molecule has 86 valence electrons. The minimum absolute atomic E-state index is 0.181. The molecule has 0 saturated heterocycles. The van der Waals surface area contributed by atoms with Gasteiger partial charge in [0.15, 0.2) is 0 Å². The average Bonchev–Trinajstić information content (AvgIpc) is 2.84. The van der Waals surface area contributed by atoms with Gasteiger partial charge in [-0.1, -0.05) is 18.5 Å². The molecule has 1 atom stereocenters. The fraction of sp³-hybridized carbons (Fsp3) is 0.333. The highest BCUT2D eigenvalue weighted by Gasteiger charge is 2.16. The Hall–Kier alpha value is -0.770. The maximum Gasteiger partial charge on any atom is 0.101 e. The molecule has 2 heterocycles. The van der Waals surface area contributed by atoms with Gasteiger partial charge in [0.2, 0.25) is 0 Å². The zero-order valence-corrected chi connectivity index (χ0v) is 10.9. The number of rotatable bonds is 4. The maximum absolute atomic E-state index is 5.96. The van der Waals surface area contributed by atoms with Gasteiger partial charge < -0.3 is 9.73 Å². The van der Waals surface area contributed by atoms with Crippen molar-refractivity contribution < 1.29 is 4.42 Å². The molecule has 2 rings (SSSR count). The average molecular weight is 256 g/mol. The van der Waals surface area contributed by atoms with Gasteiger partial charge in [0.05, 0.1) is 16.6 Å². The monoisotopic (exact) mass is 255 g/mol. The zero-order valence-electron chi connectivity index (χ0n) is 9.29.